The van der Waals surface area contributed by atoms with Crippen molar-refractivity contribution in [2.75, 3.05) is 13.2 Å². The van der Waals surface area contributed by atoms with Crippen LogP contribution >= 0.6 is 0 Å². The number of carbonyl (C=O) groups is 1. The standard InChI is InChI=1S/C22H39NO5/c1-15(2)10-11-16(3)18(12-17-13-25-22(8,9)28-17)27-19(24)23-20(4,5)14-26-21(23,6)7/h10-11,15-18H,12-14H2,1-9H3/b11-10+/t16-,17-,18+/m0/s1. The van der Waals surface area contributed by atoms with Crippen LogP contribution in [-0.2, 0) is 18.9 Å². The van der Waals surface area contributed by atoms with Crippen LogP contribution < -0.4 is 0 Å². The maximum atomic E-state index is 13.2. The highest BCUT2D eigenvalue weighted by molar-refractivity contribution is 5.70. The first kappa shape index (κ1) is 23.2. The van der Waals surface area contributed by atoms with Gasteiger partial charge in [-0.25, -0.2) is 4.79 Å². The van der Waals surface area contributed by atoms with Gasteiger partial charge >= 0.3 is 6.09 Å². The highest BCUT2D eigenvalue weighted by Crippen LogP contribution is 2.36. The Hall–Kier alpha value is -1.11. The highest BCUT2D eigenvalue weighted by atomic mass is 16.7. The summed E-state index contributed by atoms with van der Waals surface area (Å²) >= 11 is 0. The van der Waals surface area contributed by atoms with E-state index in [1.807, 2.05) is 41.5 Å². The van der Waals surface area contributed by atoms with Crippen LogP contribution in [0.4, 0.5) is 4.79 Å². The van der Waals surface area contributed by atoms with Crippen LogP contribution in [0.3, 0.4) is 0 Å². The SMILES string of the molecule is CC(C)/C=C/[C@H](C)[C@@H](C[C@H]1COC(C)(C)O1)OC(=O)N1C(C)(C)COC1(C)C. The van der Waals surface area contributed by atoms with Crippen LogP contribution in [0.1, 0.15) is 68.7 Å². The molecule has 2 aliphatic rings. The molecule has 0 saturated carbocycles. The smallest absolute Gasteiger partial charge is 0.412 e. The molecule has 162 valence electrons. The Morgan fingerprint density at radius 3 is 2.21 bits per heavy atom. The fourth-order valence-corrected chi connectivity index (χ4v) is 3.89. The van der Waals surface area contributed by atoms with Crippen molar-refractivity contribution in [1.82, 2.24) is 4.90 Å². The number of allylic oxidation sites excluding steroid dienone is 1. The Kier molecular flexibility index (Phi) is 6.89. The third-order valence-corrected chi connectivity index (χ3v) is 5.31. The van der Waals surface area contributed by atoms with Gasteiger partial charge in [0.05, 0.1) is 24.9 Å². The zero-order chi connectivity index (χ0) is 21.3. The number of amides is 1. The van der Waals surface area contributed by atoms with Gasteiger partial charge in [0.2, 0.25) is 0 Å². The summed E-state index contributed by atoms with van der Waals surface area (Å²) in [6.07, 6.45) is 4.11. The largest absolute Gasteiger partial charge is 0.445 e. The number of hydrogen-bond acceptors (Lipinski definition) is 5. The van der Waals surface area contributed by atoms with E-state index in [1.54, 1.807) is 4.90 Å². The Bertz CT molecular complexity index is 565. The summed E-state index contributed by atoms with van der Waals surface area (Å²) in [5.41, 5.74) is -1.12. The number of ether oxygens (including phenoxy) is 4. The summed E-state index contributed by atoms with van der Waals surface area (Å²) in [6, 6.07) is 0. The van der Waals surface area contributed by atoms with Gasteiger partial charge in [0.1, 0.15) is 11.8 Å². The molecule has 0 unspecified atom stereocenters. The van der Waals surface area contributed by atoms with E-state index in [0.29, 0.717) is 25.6 Å². The molecular formula is C22H39NO5. The van der Waals surface area contributed by atoms with Crippen LogP contribution in [0.15, 0.2) is 12.2 Å². The number of nitrogens with zero attached hydrogens (tertiary/aromatic N) is 1. The van der Waals surface area contributed by atoms with E-state index >= 15 is 0 Å². The van der Waals surface area contributed by atoms with Crippen molar-refractivity contribution < 1.29 is 23.7 Å². The minimum absolute atomic E-state index is 0.0633. The third kappa shape index (κ3) is 5.71. The van der Waals surface area contributed by atoms with Gasteiger partial charge in [0.15, 0.2) is 5.79 Å². The van der Waals surface area contributed by atoms with Crippen LogP contribution in [0.25, 0.3) is 0 Å². The first-order valence-corrected chi connectivity index (χ1v) is 10.4. The van der Waals surface area contributed by atoms with Gasteiger partial charge in [-0.05, 0) is 47.5 Å². The summed E-state index contributed by atoms with van der Waals surface area (Å²) < 4.78 is 23.5. The molecule has 6 heteroatoms. The van der Waals surface area contributed by atoms with Gasteiger partial charge in [-0.2, -0.15) is 0 Å². The first-order valence-electron chi connectivity index (χ1n) is 10.4. The molecule has 6 nitrogen and oxygen atoms in total. The molecule has 0 aromatic heterocycles. The van der Waals surface area contributed by atoms with Gasteiger partial charge in [-0.15, -0.1) is 0 Å². The lowest BCUT2D eigenvalue weighted by molar-refractivity contribution is -0.142. The molecule has 2 heterocycles. The van der Waals surface area contributed by atoms with Gasteiger partial charge in [-0.1, -0.05) is 32.9 Å². The van der Waals surface area contributed by atoms with Crippen molar-refractivity contribution in [2.45, 2.75) is 98.0 Å². The molecule has 2 aliphatic heterocycles. The molecule has 28 heavy (non-hydrogen) atoms. The Labute approximate surface area is 170 Å². The van der Waals surface area contributed by atoms with Crippen LogP contribution in [0.5, 0.6) is 0 Å². The predicted molar refractivity (Wildman–Crippen MR) is 109 cm³/mol. The second kappa shape index (κ2) is 8.33. The second-order valence-corrected chi connectivity index (χ2v) is 9.98. The van der Waals surface area contributed by atoms with E-state index < -0.39 is 17.1 Å². The molecular weight excluding hydrogens is 358 g/mol. The predicted octanol–water partition coefficient (Wildman–Crippen LogP) is 4.73. The molecule has 0 spiro atoms. The molecule has 1 amide bonds. The molecule has 2 fully saturated rings. The molecule has 2 saturated heterocycles. The van der Waals surface area contributed by atoms with Crippen molar-refractivity contribution in [2.24, 2.45) is 11.8 Å². The maximum Gasteiger partial charge on any atom is 0.412 e. The van der Waals surface area contributed by atoms with Crippen molar-refractivity contribution in [3.63, 3.8) is 0 Å². The van der Waals surface area contributed by atoms with Gasteiger partial charge in [0.25, 0.3) is 0 Å². The summed E-state index contributed by atoms with van der Waals surface area (Å²) in [6.45, 7) is 18.9. The Morgan fingerprint density at radius 2 is 1.75 bits per heavy atom. The van der Waals surface area contributed by atoms with Crippen molar-refractivity contribution in [3.8, 4) is 0 Å². The van der Waals surface area contributed by atoms with E-state index in [9.17, 15) is 4.79 Å². The molecule has 3 atom stereocenters. The minimum Gasteiger partial charge on any atom is -0.445 e. The average Bonchev–Trinajstić information content (AvgIpc) is 2.99. The van der Waals surface area contributed by atoms with Crippen LogP contribution in [0.2, 0.25) is 0 Å². The number of carbonyl (C=O) groups excluding carboxylic acids is 1. The summed E-state index contributed by atoms with van der Waals surface area (Å²) in [5.74, 6) is -0.0923. The second-order valence-electron chi connectivity index (χ2n) is 9.98. The topological polar surface area (TPSA) is 57.2 Å². The van der Waals surface area contributed by atoms with E-state index in [-0.39, 0.29) is 24.2 Å². The van der Waals surface area contributed by atoms with Crippen molar-refractivity contribution in [1.29, 1.82) is 0 Å². The van der Waals surface area contributed by atoms with Gasteiger partial charge < -0.3 is 18.9 Å². The van der Waals surface area contributed by atoms with Crippen molar-refractivity contribution >= 4 is 6.09 Å². The summed E-state index contributed by atoms with van der Waals surface area (Å²) in [4.78, 5) is 14.9. The van der Waals surface area contributed by atoms with Crippen molar-refractivity contribution in [3.05, 3.63) is 12.2 Å². The third-order valence-electron chi connectivity index (χ3n) is 5.31. The highest BCUT2D eigenvalue weighted by Gasteiger charge is 2.50. The first-order chi connectivity index (χ1) is 12.7. The van der Waals surface area contributed by atoms with E-state index in [1.165, 1.54) is 0 Å². The van der Waals surface area contributed by atoms with Gasteiger partial charge in [0, 0.05) is 12.3 Å². The lowest BCUT2D eigenvalue weighted by atomic mass is 9.97. The van der Waals surface area contributed by atoms with Crippen LogP contribution in [-0.4, -0.2) is 53.5 Å². The number of rotatable bonds is 6. The minimum atomic E-state index is -0.697. The summed E-state index contributed by atoms with van der Waals surface area (Å²) in [5, 5.41) is 0. The fourth-order valence-electron chi connectivity index (χ4n) is 3.89. The molecule has 0 bridgehead atoms. The Morgan fingerprint density at radius 1 is 1.11 bits per heavy atom. The van der Waals surface area contributed by atoms with E-state index in [0.717, 1.165) is 0 Å². The van der Waals surface area contributed by atoms with E-state index in [2.05, 4.69) is 32.9 Å². The average molecular weight is 398 g/mol. The zero-order valence-corrected chi connectivity index (χ0v) is 19.1. The van der Waals surface area contributed by atoms with Crippen LogP contribution in [0, 0.1) is 11.8 Å². The van der Waals surface area contributed by atoms with Gasteiger partial charge in [-0.3, -0.25) is 4.90 Å². The molecule has 0 aromatic rings. The zero-order valence-electron chi connectivity index (χ0n) is 19.1. The fraction of sp³-hybridized carbons (Fsp3) is 0.864. The summed E-state index contributed by atoms with van der Waals surface area (Å²) in [7, 11) is 0. The van der Waals surface area contributed by atoms with E-state index in [4.69, 9.17) is 18.9 Å². The molecule has 0 aromatic carbocycles. The lowest BCUT2D eigenvalue weighted by Crippen LogP contribution is -2.54. The quantitative estimate of drug-likeness (QED) is 0.607. The maximum absolute atomic E-state index is 13.2. The molecule has 0 aliphatic carbocycles. The molecule has 2 rings (SSSR count). The number of hydrogen-bond donors (Lipinski definition) is 0. The molecule has 0 N–H and O–H groups in total. The molecule has 0 radical (unpaired) electrons. The normalized spacial score (nSPS) is 28.1. The lowest BCUT2D eigenvalue weighted by Gasteiger charge is -2.38. The Balaban J connectivity index is 2.15. The monoisotopic (exact) mass is 397 g/mol.